The Bertz CT molecular complexity index is 438. The van der Waals surface area contributed by atoms with Gasteiger partial charge in [-0.2, -0.15) is 23.5 Å². The van der Waals surface area contributed by atoms with Crippen molar-refractivity contribution in [1.29, 1.82) is 0 Å². The normalized spacial score (nSPS) is 10.2. The molecule has 8 nitrogen and oxygen atoms in total. The van der Waals surface area contributed by atoms with Crippen LogP contribution in [0.15, 0.2) is 0 Å². The standard InChI is InChI=1S/C16H30N4O4S2/c1-3-25-11-14(22)18-7-9-20(16(24)6-5-13(17)21)10-8-19-15(23)12-26-4-2/h3-12H2,1-2H3,(H2,17,21)(H,18,22)(H,19,23). The van der Waals surface area contributed by atoms with Gasteiger partial charge in [-0.1, -0.05) is 13.8 Å². The van der Waals surface area contributed by atoms with E-state index in [1.54, 1.807) is 0 Å². The lowest BCUT2D eigenvalue weighted by Gasteiger charge is -2.23. The fourth-order valence-corrected chi connectivity index (χ4v) is 2.88. The molecule has 0 bridgehead atoms. The van der Waals surface area contributed by atoms with Crippen molar-refractivity contribution in [2.45, 2.75) is 26.7 Å². The zero-order valence-electron chi connectivity index (χ0n) is 15.5. The summed E-state index contributed by atoms with van der Waals surface area (Å²) < 4.78 is 0. The highest BCUT2D eigenvalue weighted by atomic mass is 32.2. The summed E-state index contributed by atoms with van der Waals surface area (Å²) in [5.41, 5.74) is 5.09. The fourth-order valence-electron chi connectivity index (χ4n) is 1.90. The van der Waals surface area contributed by atoms with Crippen LogP contribution in [0.3, 0.4) is 0 Å². The van der Waals surface area contributed by atoms with Crippen molar-refractivity contribution < 1.29 is 19.2 Å². The minimum absolute atomic E-state index is 0.0195. The molecule has 0 atom stereocenters. The number of nitrogens with zero attached hydrogens (tertiary/aromatic N) is 1. The first-order valence-corrected chi connectivity index (χ1v) is 11.0. The molecule has 0 rings (SSSR count). The Balaban J connectivity index is 4.36. The second-order valence-corrected chi connectivity index (χ2v) is 7.87. The van der Waals surface area contributed by atoms with Crippen LogP contribution in [0.25, 0.3) is 0 Å². The van der Waals surface area contributed by atoms with Gasteiger partial charge in [-0.3, -0.25) is 19.2 Å². The average molecular weight is 407 g/mol. The Morgan fingerprint density at radius 2 is 1.31 bits per heavy atom. The molecule has 26 heavy (non-hydrogen) atoms. The Hall–Kier alpha value is -1.42. The number of carbonyl (C=O) groups is 4. The lowest BCUT2D eigenvalue weighted by molar-refractivity contribution is -0.133. The van der Waals surface area contributed by atoms with E-state index in [0.29, 0.717) is 37.7 Å². The van der Waals surface area contributed by atoms with Crippen LogP contribution in [0, 0.1) is 0 Å². The molecule has 0 saturated heterocycles. The van der Waals surface area contributed by atoms with Crippen molar-refractivity contribution in [3.8, 4) is 0 Å². The van der Waals surface area contributed by atoms with Crippen molar-refractivity contribution in [1.82, 2.24) is 15.5 Å². The van der Waals surface area contributed by atoms with Crippen LogP contribution in [0.4, 0.5) is 0 Å². The van der Waals surface area contributed by atoms with Gasteiger partial charge in [0.15, 0.2) is 0 Å². The molecule has 0 spiro atoms. The number of primary amides is 1. The summed E-state index contributed by atoms with van der Waals surface area (Å²) in [5.74, 6) is 1.58. The number of thioether (sulfide) groups is 2. The van der Waals surface area contributed by atoms with Gasteiger partial charge in [0.2, 0.25) is 23.6 Å². The molecule has 0 radical (unpaired) electrons. The average Bonchev–Trinajstić information content (AvgIpc) is 2.61. The molecular weight excluding hydrogens is 376 g/mol. The van der Waals surface area contributed by atoms with E-state index >= 15 is 0 Å². The van der Waals surface area contributed by atoms with Crippen LogP contribution in [-0.2, 0) is 19.2 Å². The maximum atomic E-state index is 12.2. The first-order valence-electron chi connectivity index (χ1n) is 8.65. The predicted octanol–water partition coefficient (Wildman–Crippen LogP) is -0.181. The third-order valence-corrected chi connectivity index (χ3v) is 4.97. The third-order valence-electron chi connectivity index (χ3n) is 3.22. The number of nitrogens with one attached hydrogen (secondary N) is 2. The van der Waals surface area contributed by atoms with E-state index in [1.807, 2.05) is 13.8 Å². The van der Waals surface area contributed by atoms with Crippen molar-refractivity contribution in [3.63, 3.8) is 0 Å². The second kappa shape index (κ2) is 15.8. The zero-order valence-corrected chi connectivity index (χ0v) is 17.2. The molecule has 0 aromatic heterocycles. The molecule has 0 aliphatic rings. The van der Waals surface area contributed by atoms with Crippen molar-refractivity contribution >= 4 is 47.2 Å². The molecular formula is C16H30N4O4S2. The van der Waals surface area contributed by atoms with Gasteiger partial charge in [0.05, 0.1) is 11.5 Å². The van der Waals surface area contributed by atoms with Gasteiger partial charge >= 0.3 is 0 Å². The van der Waals surface area contributed by atoms with E-state index in [4.69, 9.17) is 5.73 Å². The van der Waals surface area contributed by atoms with Gasteiger partial charge < -0.3 is 21.3 Å². The molecule has 10 heteroatoms. The van der Waals surface area contributed by atoms with E-state index in [1.165, 1.54) is 28.4 Å². The number of amides is 4. The molecule has 0 fully saturated rings. The summed E-state index contributed by atoms with van der Waals surface area (Å²) in [5, 5.41) is 5.52. The summed E-state index contributed by atoms with van der Waals surface area (Å²) in [6, 6.07) is 0. The van der Waals surface area contributed by atoms with E-state index in [0.717, 1.165) is 11.5 Å². The maximum Gasteiger partial charge on any atom is 0.230 e. The summed E-state index contributed by atoms with van der Waals surface area (Å²) in [4.78, 5) is 47.9. The molecule has 0 saturated carbocycles. The Morgan fingerprint density at radius 3 is 1.69 bits per heavy atom. The van der Waals surface area contributed by atoms with Crippen molar-refractivity contribution in [2.24, 2.45) is 5.73 Å². The Kier molecular flexibility index (Phi) is 14.9. The topological polar surface area (TPSA) is 122 Å². The number of nitrogens with two attached hydrogens (primary N) is 1. The zero-order chi connectivity index (χ0) is 19.8. The molecule has 0 aromatic rings. The lowest BCUT2D eigenvalue weighted by Crippen LogP contribution is -2.43. The smallest absolute Gasteiger partial charge is 0.230 e. The van der Waals surface area contributed by atoms with Crippen LogP contribution in [-0.4, -0.2) is 77.7 Å². The summed E-state index contributed by atoms with van der Waals surface area (Å²) in [6.07, 6.45) is 0.00291. The van der Waals surface area contributed by atoms with Crippen LogP contribution >= 0.6 is 23.5 Å². The van der Waals surface area contributed by atoms with E-state index in [2.05, 4.69) is 10.6 Å². The summed E-state index contributed by atoms with van der Waals surface area (Å²) in [6.45, 7) is 5.24. The molecule has 4 N–H and O–H groups in total. The highest BCUT2D eigenvalue weighted by Gasteiger charge is 2.15. The minimum atomic E-state index is -0.534. The maximum absolute atomic E-state index is 12.2. The first kappa shape index (κ1) is 24.6. The Morgan fingerprint density at radius 1 is 0.846 bits per heavy atom. The number of carbonyl (C=O) groups excluding carboxylic acids is 4. The van der Waals surface area contributed by atoms with Gasteiger partial charge in [-0.15, -0.1) is 0 Å². The molecule has 0 aliphatic carbocycles. The van der Waals surface area contributed by atoms with Gasteiger partial charge in [-0.05, 0) is 11.5 Å². The predicted molar refractivity (Wildman–Crippen MR) is 107 cm³/mol. The van der Waals surface area contributed by atoms with Crippen LogP contribution < -0.4 is 16.4 Å². The van der Waals surface area contributed by atoms with Gasteiger partial charge in [-0.25, -0.2) is 0 Å². The lowest BCUT2D eigenvalue weighted by atomic mass is 10.2. The van der Waals surface area contributed by atoms with Crippen LogP contribution in [0.1, 0.15) is 26.7 Å². The SMILES string of the molecule is CCSCC(=O)NCCN(CCNC(=O)CSCC)C(=O)CCC(N)=O. The molecule has 150 valence electrons. The van der Waals surface area contributed by atoms with Crippen molar-refractivity contribution in [2.75, 3.05) is 49.2 Å². The van der Waals surface area contributed by atoms with Crippen molar-refractivity contribution in [3.05, 3.63) is 0 Å². The second-order valence-electron chi connectivity index (χ2n) is 5.32. The largest absolute Gasteiger partial charge is 0.370 e. The van der Waals surface area contributed by atoms with Gasteiger partial charge in [0.25, 0.3) is 0 Å². The number of hydrogen-bond donors (Lipinski definition) is 3. The molecule has 0 aromatic carbocycles. The van der Waals surface area contributed by atoms with Crippen LogP contribution in [0.2, 0.25) is 0 Å². The van der Waals surface area contributed by atoms with Gasteiger partial charge in [0.1, 0.15) is 0 Å². The molecule has 0 aliphatic heterocycles. The quantitative estimate of drug-likeness (QED) is 0.347. The Labute approximate surface area is 163 Å². The first-order chi connectivity index (χ1) is 12.4. The van der Waals surface area contributed by atoms with Gasteiger partial charge in [0, 0.05) is 39.0 Å². The monoisotopic (exact) mass is 406 g/mol. The molecule has 0 heterocycles. The summed E-state index contributed by atoms with van der Waals surface area (Å²) >= 11 is 3.05. The van der Waals surface area contributed by atoms with E-state index < -0.39 is 5.91 Å². The molecule has 4 amide bonds. The summed E-state index contributed by atoms with van der Waals surface area (Å²) in [7, 11) is 0. The van der Waals surface area contributed by atoms with E-state index in [9.17, 15) is 19.2 Å². The molecule has 0 unspecified atom stereocenters. The highest BCUT2D eigenvalue weighted by molar-refractivity contribution is 8.00. The fraction of sp³-hybridized carbons (Fsp3) is 0.750. The third kappa shape index (κ3) is 13.8. The van der Waals surface area contributed by atoms with E-state index in [-0.39, 0.29) is 30.6 Å². The number of hydrogen-bond acceptors (Lipinski definition) is 6. The number of rotatable bonds is 15. The highest BCUT2D eigenvalue weighted by Crippen LogP contribution is 2.00. The van der Waals surface area contributed by atoms with Crippen LogP contribution in [0.5, 0.6) is 0 Å². The minimum Gasteiger partial charge on any atom is -0.370 e.